The second kappa shape index (κ2) is 49.5. The van der Waals surface area contributed by atoms with Crippen molar-refractivity contribution in [2.24, 2.45) is 76.9 Å². The van der Waals surface area contributed by atoms with E-state index in [1.54, 1.807) is 7.11 Å². The smallest absolute Gasteiger partial charge is 0.0618 e. The Kier molecular flexibility index (Phi) is 47.5. The van der Waals surface area contributed by atoms with Crippen molar-refractivity contribution in [2.45, 2.75) is 473 Å². The van der Waals surface area contributed by atoms with Gasteiger partial charge in [0.2, 0.25) is 0 Å². The number of hydrazine groups is 1. The van der Waals surface area contributed by atoms with E-state index in [2.05, 4.69) is 308 Å². The van der Waals surface area contributed by atoms with Crippen molar-refractivity contribution in [1.29, 1.82) is 0 Å². The van der Waals surface area contributed by atoms with Gasteiger partial charge in [-0.15, -0.1) is 0 Å². The molecule has 0 amide bonds. The highest BCUT2D eigenvalue weighted by Gasteiger charge is 2.47. The van der Waals surface area contributed by atoms with Gasteiger partial charge in [-0.2, -0.15) is 0 Å². The van der Waals surface area contributed by atoms with Gasteiger partial charge in [0.15, 0.2) is 0 Å². The van der Waals surface area contributed by atoms with Crippen LogP contribution in [0.15, 0.2) is 0 Å². The van der Waals surface area contributed by atoms with Gasteiger partial charge in [0.25, 0.3) is 0 Å². The zero-order chi connectivity index (χ0) is 82.3. The minimum atomic E-state index is 0.321. The molecule has 19 atom stereocenters. The number of methoxy groups -OCH3 is 2. The molecule has 640 valence electrons. The molecule has 11 unspecified atom stereocenters. The van der Waals surface area contributed by atoms with Crippen molar-refractivity contribution in [3.63, 3.8) is 0 Å². The monoisotopic (exact) mass is 1510 g/mol. The summed E-state index contributed by atoms with van der Waals surface area (Å²) in [6.45, 7) is 90.8. The Labute approximate surface area is 670 Å². The minimum Gasteiger partial charge on any atom is -0.396 e. The van der Waals surface area contributed by atoms with Crippen LogP contribution in [-0.2, 0) is 9.47 Å². The number of rotatable bonds is 22. The molecule has 0 bridgehead atoms. The topological polar surface area (TPSA) is 88.1 Å². The van der Waals surface area contributed by atoms with Crippen LogP contribution in [0, 0.1) is 76.9 Å². The molecule has 9 fully saturated rings. The highest BCUT2D eigenvalue weighted by molar-refractivity contribution is 5.01. The van der Waals surface area contributed by atoms with E-state index in [0.717, 1.165) is 140 Å². The second-order valence-electron chi connectivity index (χ2n) is 41.1. The third-order valence-corrected chi connectivity index (χ3v) is 27.9. The summed E-state index contributed by atoms with van der Waals surface area (Å²) in [6.07, 6.45) is 17.5. The molecule has 0 aromatic carbocycles. The van der Waals surface area contributed by atoms with Gasteiger partial charge < -0.3 is 19.7 Å². The number of aliphatic hydroxyl groups is 2. The maximum atomic E-state index is 9.31. The summed E-state index contributed by atoms with van der Waals surface area (Å²) in [4.78, 5) is 18.6. The maximum Gasteiger partial charge on any atom is 0.0618 e. The van der Waals surface area contributed by atoms with E-state index >= 15 is 0 Å². The first kappa shape index (κ1) is 103. The van der Waals surface area contributed by atoms with Gasteiger partial charge >= 0.3 is 0 Å². The van der Waals surface area contributed by atoms with E-state index in [1.807, 2.05) is 7.11 Å². The Morgan fingerprint density at radius 1 is 0.318 bits per heavy atom. The summed E-state index contributed by atoms with van der Waals surface area (Å²) < 4.78 is 10.6. The summed E-state index contributed by atoms with van der Waals surface area (Å²) in [6, 6.07) is 15.3. The molecule has 8 heterocycles. The predicted octanol–water partition coefficient (Wildman–Crippen LogP) is 20.5. The zero-order valence-electron chi connectivity index (χ0n) is 79.4. The summed E-state index contributed by atoms with van der Waals surface area (Å²) in [5.74, 6) is 10.1. The summed E-state index contributed by atoms with van der Waals surface area (Å²) in [5.41, 5.74) is 0. The Hall–Kier alpha value is -0.520. The van der Waals surface area contributed by atoms with Crippen LogP contribution >= 0.6 is 0 Å². The van der Waals surface area contributed by atoms with E-state index < -0.39 is 0 Å². The highest BCUT2D eigenvalue weighted by atomic mass is 16.5. The van der Waals surface area contributed by atoms with Crippen LogP contribution in [0.25, 0.3) is 0 Å². The molecule has 8 saturated heterocycles. The molecule has 9 rings (SSSR count). The Bertz CT molecular complexity index is 2200. The molecule has 2 N–H and O–H groups in total. The maximum absolute atomic E-state index is 9.31. The van der Waals surface area contributed by atoms with Gasteiger partial charge in [0, 0.05) is 167 Å². The first-order valence-electron chi connectivity index (χ1n) is 45.8. The van der Waals surface area contributed by atoms with Crippen LogP contribution in [-0.4, -0.2) is 248 Å². The van der Waals surface area contributed by atoms with E-state index in [4.69, 9.17) is 9.47 Å². The van der Waals surface area contributed by atoms with Gasteiger partial charge in [-0.05, 0) is 292 Å². The van der Waals surface area contributed by atoms with Crippen LogP contribution in [0.5, 0.6) is 0 Å². The fourth-order valence-electron chi connectivity index (χ4n) is 22.7. The van der Waals surface area contributed by atoms with Crippen molar-refractivity contribution in [3.8, 4) is 0 Å². The number of fused-ring (bicyclic) bond motifs is 1. The molecule has 107 heavy (non-hydrogen) atoms. The number of ether oxygens (including phenoxy) is 2. The third-order valence-electron chi connectivity index (χ3n) is 27.9. The van der Waals surface area contributed by atoms with Crippen molar-refractivity contribution in [2.75, 3.05) is 60.8 Å². The molecule has 9 aliphatic rings. The Morgan fingerprint density at radius 3 is 1.06 bits per heavy atom. The van der Waals surface area contributed by atoms with E-state index in [-0.39, 0.29) is 0 Å². The van der Waals surface area contributed by atoms with Crippen LogP contribution in [0.4, 0.5) is 0 Å². The Balaban J connectivity index is 0.000000416. The molecule has 0 aromatic heterocycles. The summed E-state index contributed by atoms with van der Waals surface area (Å²) in [5, 5.41) is 23.4. The van der Waals surface area contributed by atoms with E-state index in [1.165, 1.54) is 83.7 Å². The molecular weight excluding hydrogens is 1320 g/mol. The third kappa shape index (κ3) is 29.6. The lowest BCUT2D eigenvalue weighted by Gasteiger charge is -2.35. The van der Waals surface area contributed by atoms with Crippen molar-refractivity contribution in [1.82, 2.24) is 44.3 Å². The van der Waals surface area contributed by atoms with E-state index in [0.29, 0.717) is 109 Å². The lowest BCUT2D eigenvalue weighted by Crippen LogP contribution is -2.45. The van der Waals surface area contributed by atoms with Crippen LogP contribution in [0.1, 0.15) is 340 Å². The van der Waals surface area contributed by atoms with Gasteiger partial charge in [0.05, 0.1) is 19.8 Å². The first-order chi connectivity index (χ1) is 49.7. The molecule has 0 aromatic rings. The first-order valence-corrected chi connectivity index (χ1v) is 45.8. The van der Waals surface area contributed by atoms with Crippen molar-refractivity contribution in [3.05, 3.63) is 0 Å². The quantitative estimate of drug-likeness (QED) is 0.108. The zero-order valence-corrected chi connectivity index (χ0v) is 79.4. The summed E-state index contributed by atoms with van der Waals surface area (Å²) >= 11 is 0. The average Bonchev–Trinajstić information content (AvgIpc) is 1.64. The van der Waals surface area contributed by atoms with Crippen molar-refractivity contribution < 1.29 is 19.7 Å². The normalized spacial score (nSPS) is 33.0. The number of nitrogens with zero attached hydrogens (tertiary/aromatic N) is 9. The molecule has 0 spiro atoms. The van der Waals surface area contributed by atoms with Gasteiger partial charge in [-0.25, -0.2) is 10.0 Å². The minimum absolute atomic E-state index is 0.321. The molecule has 1 saturated carbocycles. The van der Waals surface area contributed by atoms with Gasteiger partial charge in [-0.1, -0.05) is 131 Å². The molecule has 13 nitrogen and oxygen atoms in total. The van der Waals surface area contributed by atoms with Crippen LogP contribution < -0.4 is 0 Å². The predicted molar refractivity (Wildman–Crippen MR) is 469 cm³/mol. The second-order valence-corrected chi connectivity index (χ2v) is 41.1. The average molecular weight is 1520 g/mol. The standard InChI is InChI=1S/C13H27NO.C13H25N.2C12H25NO.C12H25N.C11H23NO.C11H23N.C10H22N2/c1-9(2)13-7-12(8-15-6)11(5)14(13)10(3)4;1-9(2)13-8-11-6-5-7-12(11)14(13)10(3)4;1-8(2)12-6-11(7-14)10(5)13(12)9(3)4;1-9(2)12-7-6-11(8-14-5)13(12)10(3)4;1-8(2)12-7-10(5)11(6)13(12)9(3)4;1-8(2)11-6-5-10(7-13)12(11)9(3)4;1-8(2)11-10(5)6-7-12(11)9(3)4;1-8(2)10-6-7-11(5)12(10)9(3)4/h9-13H,7-8H2,1-6H3;9-13H,5-8H2,1-4H3;8-12,14H,6-7H2,1-5H3;9-12H,6-8H2,1-5H3;8-12H,7H2,1-6H3;8-11,13H,5-7H2,1-4H3;8-11H,6-7H2,1-5H3;8-10H,6-7H2,1-5H3/t2*11?,12?,13-;10?,11?,12-;11?,12-;10?,11?,12-;2*10?,11-;10-/m00000010/s1. The lowest BCUT2D eigenvalue weighted by molar-refractivity contribution is -0.0226. The fraction of sp³-hybridized carbons (Fsp3) is 1.00. The van der Waals surface area contributed by atoms with Gasteiger partial charge in [-0.3, -0.25) is 34.3 Å². The number of hydrogen-bond acceptors (Lipinski definition) is 13. The van der Waals surface area contributed by atoms with Gasteiger partial charge in [0.1, 0.15) is 0 Å². The van der Waals surface area contributed by atoms with E-state index in [9.17, 15) is 10.2 Å². The highest BCUT2D eigenvalue weighted by Crippen LogP contribution is 2.45. The molecule has 8 aliphatic heterocycles. The molecular formula is C94H195N9O4. The number of likely N-dealkylation sites (tertiary alicyclic amines) is 7. The van der Waals surface area contributed by atoms with Crippen LogP contribution in [0.2, 0.25) is 0 Å². The molecule has 0 radical (unpaired) electrons. The Morgan fingerprint density at radius 2 is 0.710 bits per heavy atom. The molecule has 13 heteroatoms. The fourth-order valence-corrected chi connectivity index (χ4v) is 22.7. The largest absolute Gasteiger partial charge is 0.396 e. The summed E-state index contributed by atoms with van der Waals surface area (Å²) in [7, 11) is 5.82. The van der Waals surface area contributed by atoms with Crippen molar-refractivity contribution >= 4 is 0 Å². The number of aliphatic hydroxyl groups excluding tert-OH is 2. The number of hydrogen-bond donors (Lipinski definition) is 2. The lowest BCUT2D eigenvalue weighted by atomic mass is 9.92. The molecule has 1 aliphatic carbocycles. The van der Waals surface area contributed by atoms with Crippen LogP contribution in [0.3, 0.4) is 0 Å². The SMILES string of the molecule is CC(C)[C@@H]1C(C)CCN1C(C)C.CC(C)[C@@H]1CC(CO)C(C)N1C(C)C.CC(C)[C@@H]1CC2CCCC2N1C(C)C.CC(C)[C@@H]1CCC(CO)N1C(C)C.CC(C)[C@@H]1CCN(C)N1C(C)C.CC1C[C@@H](C(C)C)N(C(C)C)C1C.COCC1CC[C@@H](C(C)C)N1C(C)C.COCC1C[C@@H](C(C)C)N(C(C)C)C1C.